The lowest BCUT2D eigenvalue weighted by Crippen LogP contribution is -2.48. The number of hydrogen-bond acceptors (Lipinski definition) is 5. The van der Waals surface area contributed by atoms with Gasteiger partial charge in [0, 0.05) is 30.3 Å². The van der Waals surface area contributed by atoms with E-state index in [4.69, 9.17) is 9.84 Å². The lowest BCUT2D eigenvalue weighted by molar-refractivity contribution is 0.0932. The maximum atomic E-state index is 13.0. The van der Waals surface area contributed by atoms with Gasteiger partial charge in [-0.1, -0.05) is 54.6 Å². The Bertz CT molecular complexity index is 1310. The summed E-state index contributed by atoms with van der Waals surface area (Å²) in [5, 5.41) is 12.2. The SMILES string of the molecule is COc1ccccc1C(=O)NC[C@]1(c2ccccc2)CC[C@H](NS(=O)(=O)Nc2ccc(CCO)cc2)CC1. The maximum Gasteiger partial charge on any atom is 0.299 e. The van der Waals surface area contributed by atoms with Crippen LogP contribution in [-0.2, 0) is 22.0 Å². The molecule has 1 aliphatic rings. The van der Waals surface area contributed by atoms with Crippen molar-refractivity contribution in [3.8, 4) is 5.75 Å². The highest BCUT2D eigenvalue weighted by Crippen LogP contribution is 2.39. The average Bonchev–Trinajstić information content (AvgIpc) is 2.94. The number of carbonyl (C=O) groups excluding carboxylic acids is 1. The fourth-order valence-corrected chi connectivity index (χ4v) is 6.28. The monoisotopic (exact) mass is 537 g/mol. The van der Waals surface area contributed by atoms with Gasteiger partial charge in [0.25, 0.3) is 16.1 Å². The first-order chi connectivity index (χ1) is 18.3. The highest BCUT2D eigenvalue weighted by atomic mass is 32.2. The van der Waals surface area contributed by atoms with Gasteiger partial charge in [-0.15, -0.1) is 0 Å². The molecular formula is C29H35N3O5S. The number of carbonyl (C=O) groups is 1. The van der Waals surface area contributed by atoms with E-state index in [0.29, 0.717) is 55.6 Å². The fraction of sp³-hybridized carbons (Fsp3) is 0.345. The standard InChI is InChI=1S/C29H35N3O5S/c1-37-27-10-6-5-9-26(27)28(34)30-21-29(23-7-3-2-4-8-23)18-15-25(16-19-29)32-38(35,36)31-24-13-11-22(12-14-24)17-20-33/h2-14,25,31-33H,15-21H2,1H3,(H,30,34)/t25-,29-. The Hall–Kier alpha value is -3.40. The molecule has 38 heavy (non-hydrogen) atoms. The van der Waals surface area contributed by atoms with Crippen LogP contribution >= 0.6 is 0 Å². The number of rotatable bonds is 11. The molecule has 1 amide bonds. The zero-order valence-electron chi connectivity index (χ0n) is 21.5. The van der Waals surface area contributed by atoms with E-state index in [0.717, 1.165) is 11.1 Å². The van der Waals surface area contributed by atoms with Crippen LogP contribution in [0.25, 0.3) is 0 Å². The third-order valence-electron chi connectivity index (χ3n) is 7.20. The molecule has 0 radical (unpaired) electrons. The van der Waals surface area contributed by atoms with Crippen LogP contribution in [0.3, 0.4) is 0 Å². The third-order valence-corrected chi connectivity index (χ3v) is 8.34. The Balaban J connectivity index is 1.41. The Morgan fingerprint density at radius 3 is 2.29 bits per heavy atom. The maximum absolute atomic E-state index is 13.0. The van der Waals surface area contributed by atoms with E-state index < -0.39 is 10.2 Å². The number of anilines is 1. The Kier molecular flexibility index (Phi) is 9.04. The minimum absolute atomic E-state index is 0.0446. The van der Waals surface area contributed by atoms with Crippen molar-refractivity contribution in [1.29, 1.82) is 0 Å². The molecule has 0 aliphatic heterocycles. The summed E-state index contributed by atoms with van der Waals surface area (Å²) < 4.78 is 36.4. The fourth-order valence-electron chi connectivity index (χ4n) is 5.10. The largest absolute Gasteiger partial charge is 0.496 e. The highest BCUT2D eigenvalue weighted by molar-refractivity contribution is 7.90. The molecule has 4 rings (SSSR count). The van der Waals surface area contributed by atoms with Crippen molar-refractivity contribution in [2.75, 3.05) is 25.0 Å². The predicted molar refractivity (Wildman–Crippen MR) is 149 cm³/mol. The molecule has 8 nitrogen and oxygen atoms in total. The van der Waals surface area contributed by atoms with Crippen LogP contribution in [0.1, 0.15) is 47.2 Å². The summed E-state index contributed by atoms with van der Waals surface area (Å²) in [6.07, 6.45) is 3.22. The first-order valence-corrected chi connectivity index (χ1v) is 14.3. The molecule has 0 saturated heterocycles. The van der Waals surface area contributed by atoms with Crippen LogP contribution < -0.4 is 19.5 Å². The molecule has 202 valence electrons. The van der Waals surface area contributed by atoms with E-state index in [2.05, 4.69) is 26.9 Å². The Morgan fingerprint density at radius 2 is 1.63 bits per heavy atom. The van der Waals surface area contributed by atoms with Crippen LogP contribution in [0.15, 0.2) is 78.9 Å². The Labute approximate surface area is 224 Å². The predicted octanol–water partition coefficient (Wildman–Crippen LogP) is 3.79. The number of amides is 1. The van der Waals surface area contributed by atoms with Crippen LogP contribution in [-0.4, -0.2) is 45.7 Å². The van der Waals surface area contributed by atoms with Crippen molar-refractivity contribution < 1.29 is 23.1 Å². The molecule has 9 heteroatoms. The topological polar surface area (TPSA) is 117 Å². The lowest BCUT2D eigenvalue weighted by atomic mass is 9.68. The number of methoxy groups -OCH3 is 1. The molecular weight excluding hydrogens is 502 g/mol. The molecule has 0 aromatic heterocycles. The third kappa shape index (κ3) is 6.92. The number of para-hydroxylation sites is 1. The number of aliphatic hydroxyl groups excluding tert-OH is 1. The molecule has 1 aliphatic carbocycles. The second kappa shape index (κ2) is 12.4. The summed E-state index contributed by atoms with van der Waals surface area (Å²) in [4.78, 5) is 13.0. The molecule has 3 aromatic carbocycles. The molecule has 0 atom stereocenters. The minimum atomic E-state index is -3.76. The summed E-state index contributed by atoms with van der Waals surface area (Å²) in [6.45, 7) is 0.481. The van der Waals surface area contributed by atoms with Crippen LogP contribution in [0.2, 0.25) is 0 Å². The smallest absolute Gasteiger partial charge is 0.299 e. The first kappa shape index (κ1) is 27.6. The van der Waals surface area contributed by atoms with Crippen LogP contribution in [0.5, 0.6) is 5.75 Å². The molecule has 0 unspecified atom stereocenters. The van der Waals surface area contributed by atoms with E-state index in [1.54, 1.807) is 49.6 Å². The van der Waals surface area contributed by atoms with Gasteiger partial charge in [-0.25, -0.2) is 0 Å². The Morgan fingerprint density at radius 1 is 0.974 bits per heavy atom. The molecule has 4 N–H and O–H groups in total. The second-order valence-corrected chi connectivity index (χ2v) is 11.1. The van der Waals surface area contributed by atoms with Crippen molar-refractivity contribution in [3.05, 3.63) is 95.6 Å². The molecule has 0 spiro atoms. The van der Waals surface area contributed by atoms with Gasteiger partial charge in [0.2, 0.25) is 0 Å². The first-order valence-electron chi connectivity index (χ1n) is 12.8. The number of nitrogens with one attached hydrogen (secondary N) is 3. The second-order valence-electron chi connectivity index (χ2n) is 9.70. The van der Waals surface area contributed by atoms with E-state index in [-0.39, 0.29) is 24.0 Å². The van der Waals surface area contributed by atoms with Crippen LogP contribution in [0.4, 0.5) is 5.69 Å². The number of aliphatic hydroxyl groups is 1. The van der Waals surface area contributed by atoms with Crippen molar-refractivity contribution in [3.63, 3.8) is 0 Å². The van der Waals surface area contributed by atoms with Gasteiger partial charge in [0.1, 0.15) is 5.75 Å². The van der Waals surface area contributed by atoms with Crippen LogP contribution in [0, 0.1) is 0 Å². The minimum Gasteiger partial charge on any atom is -0.496 e. The van der Waals surface area contributed by atoms with Crippen molar-refractivity contribution in [2.45, 2.75) is 43.6 Å². The highest BCUT2D eigenvalue weighted by Gasteiger charge is 2.38. The van der Waals surface area contributed by atoms with Gasteiger partial charge in [0.05, 0.1) is 12.7 Å². The van der Waals surface area contributed by atoms with Gasteiger partial charge < -0.3 is 15.2 Å². The lowest BCUT2D eigenvalue weighted by Gasteiger charge is -2.41. The zero-order chi connectivity index (χ0) is 27.0. The van der Waals surface area contributed by atoms with Gasteiger partial charge in [-0.05, 0) is 67.5 Å². The summed E-state index contributed by atoms with van der Waals surface area (Å²) >= 11 is 0. The number of ether oxygens (including phenoxy) is 1. The van der Waals surface area contributed by atoms with E-state index in [1.165, 1.54) is 0 Å². The number of hydrogen-bond donors (Lipinski definition) is 4. The molecule has 0 bridgehead atoms. The summed E-state index contributed by atoms with van der Waals surface area (Å²) in [5.74, 6) is 0.321. The van der Waals surface area contributed by atoms with Crippen molar-refractivity contribution in [1.82, 2.24) is 10.0 Å². The quantitative estimate of drug-likeness (QED) is 0.297. The van der Waals surface area contributed by atoms with Crippen molar-refractivity contribution in [2.24, 2.45) is 0 Å². The van der Waals surface area contributed by atoms with Gasteiger partial charge in [-0.2, -0.15) is 13.1 Å². The van der Waals surface area contributed by atoms with E-state index >= 15 is 0 Å². The average molecular weight is 538 g/mol. The summed E-state index contributed by atoms with van der Waals surface area (Å²) in [5.41, 5.74) is 2.70. The normalized spacial score (nSPS) is 19.5. The molecule has 3 aromatic rings. The molecule has 0 heterocycles. The number of benzene rings is 3. The zero-order valence-corrected chi connectivity index (χ0v) is 22.3. The van der Waals surface area contributed by atoms with E-state index in [1.807, 2.05) is 24.3 Å². The van der Waals surface area contributed by atoms with E-state index in [9.17, 15) is 13.2 Å². The summed E-state index contributed by atoms with van der Waals surface area (Å²) in [6, 6.07) is 24.0. The van der Waals surface area contributed by atoms with Gasteiger partial charge >= 0.3 is 0 Å². The van der Waals surface area contributed by atoms with Crippen molar-refractivity contribution >= 4 is 21.8 Å². The van der Waals surface area contributed by atoms with Gasteiger partial charge in [-0.3, -0.25) is 9.52 Å². The molecule has 1 fully saturated rings. The molecule has 1 saturated carbocycles. The van der Waals surface area contributed by atoms with Gasteiger partial charge in [0.15, 0.2) is 0 Å². The summed E-state index contributed by atoms with van der Waals surface area (Å²) in [7, 11) is -2.22.